The molecular formula is C21H31N2O5P. The number of nitrogens with two attached hydrogens (primary N) is 1. The van der Waals surface area contributed by atoms with E-state index in [0.29, 0.717) is 25.0 Å². The summed E-state index contributed by atoms with van der Waals surface area (Å²) in [4.78, 5) is 30.2. The van der Waals surface area contributed by atoms with Gasteiger partial charge in [0.25, 0.3) is 0 Å². The second kappa shape index (κ2) is 9.83. The molecule has 2 aromatic rings. The van der Waals surface area contributed by atoms with Gasteiger partial charge in [-0.05, 0) is 57.2 Å². The van der Waals surface area contributed by atoms with Crippen molar-refractivity contribution in [1.29, 1.82) is 0 Å². The van der Waals surface area contributed by atoms with Gasteiger partial charge in [0.05, 0.1) is 12.3 Å². The minimum absolute atomic E-state index is 0.103. The van der Waals surface area contributed by atoms with E-state index in [4.69, 9.17) is 15.5 Å². The lowest BCUT2D eigenvalue weighted by Crippen LogP contribution is -2.41. The molecule has 0 saturated heterocycles. The number of hydrogen-bond acceptors (Lipinski definition) is 4. The first-order valence-corrected chi connectivity index (χ1v) is 11.2. The zero-order valence-corrected chi connectivity index (χ0v) is 18.2. The Balaban J connectivity index is 1.86. The summed E-state index contributed by atoms with van der Waals surface area (Å²) in [5.74, 6) is 0.103. The topological polar surface area (TPSA) is 115 Å². The summed E-state index contributed by atoms with van der Waals surface area (Å²) in [6, 6.07) is 12.1. The van der Waals surface area contributed by atoms with Gasteiger partial charge in [0.2, 0.25) is 0 Å². The third-order valence-electron chi connectivity index (χ3n) is 5.02. The van der Waals surface area contributed by atoms with Gasteiger partial charge in [-0.25, -0.2) is 4.57 Å². The number of carbonyl (C=O) groups excluding carboxylic acids is 1. The van der Waals surface area contributed by atoms with E-state index in [9.17, 15) is 9.36 Å². The van der Waals surface area contributed by atoms with Gasteiger partial charge < -0.3 is 20.1 Å². The molecule has 1 atom stereocenters. The highest BCUT2D eigenvalue weighted by Crippen LogP contribution is 2.36. The standard InChI is InChI=1S/C21H31N2O5P/c1-16-7-9-17(10-8-16)5-4-6-20(24)19-12-11-18(23(19)3)13-14-21(2,22)15-28-29(25,26)27/h7-12H,4-6,13-15,22H2,1-3H3,(H2,25,26,27)/t21-/m1/s1. The van der Waals surface area contributed by atoms with Crippen LogP contribution < -0.4 is 5.73 Å². The van der Waals surface area contributed by atoms with Crippen LogP contribution in [0.25, 0.3) is 0 Å². The van der Waals surface area contributed by atoms with Gasteiger partial charge in [-0.3, -0.25) is 9.32 Å². The Bertz CT molecular complexity index is 868. The molecule has 160 valence electrons. The van der Waals surface area contributed by atoms with Gasteiger partial charge in [-0.2, -0.15) is 0 Å². The SMILES string of the molecule is Cc1ccc(CCCC(=O)c2ccc(CC[C@@](C)(N)COP(=O)(O)O)n2C)cc1. The van der Waals surface area contributed by atoms with Gasteiger partial charge >= 0.3 is 7.82 Å². The van der Waals surface area contributed by atoms with Crippen LogP contribution in [0.3, 0.4) is 0 Å². The van der Waals surface area contributed by atoms with E-state index in [2.05, 4.69) is 35.7 Å². The second-order valence-corrected chi connectivity index (χ2v) is 9.19. The van der Waals surface area contributed by atoms with Crippen LogP contribution in [-0.4, -0.2) is 32.3 Å². The van der Waals surface area contributed by atoms with Crippen LogP contribution in [0, 0.1) is 6.92 Å². The zero-order chi connectivity index (χ0) is 21.7. The molecule has 0 aliphatic carbocycles. The molecule has 1 heterocycles. The molecule has 0 saturated carbocycles. The number of carbonyl (C=O) groups is 1. The number of Topliss-reactive ketones (excluding diaryl/α,β-unsaturated/α-hetero) is 1. The van der Waals surface area contributed by atoms with Crippen molar-refractivity contribution in [3.63, 3.8) is 0 Å². The highest BCUT2D eigenvalue weighted by atomic mass is 31.2. The monoisotopic (exact) mass is 422 g/mol. The first-order chi connectivity index (χ1) is 13.5. The van der Waals surface area contributed by atoms with E-state index in [1.807, 2.05) is 23.7 Å². The summed E-state index contributed by atoms with van der Waals surface area (Å²) in [5.41, 5.74) is 9.25. The normalized spacial score (nSPS) is 14.0. The fraction of sp³-hybridized carbons (Fsp3) is 0.476. The van der Waals surface area contributed by atoms with Crippen molar-refractivity contribution < 1.29 is 23.7 Å². The minimum atomic E-state index is -4.54. The molecule has 0 amide bonds. The Morgan fingerprint density at radius 3 is 2.45 bits per heavy atom. The molecule has 0 aliphatic rings. The Kier molecular flexibility index (Phi) is 7.97. The van der Waals surface area contributed by atoms with Crippen LogP contribution in [0.5, 0.6) is 0 Å². The number of phosphoric acid groups is 1. The van der Waals surface area contributed by atoms with Gasteiger partial charge in [-0.1, -0.05) is 29.8 Å². The maximum absolute atomic E-state index is 12.6. The van der Waals surface area contributed by atoms with Crippen LogP contribution in [0.1, 0.15) is 53.5 Å². The van der Waals surface area contributed by atoms with E-state index < -0.39 is 13.4 Å². The average Bonchev–Trinajstić information content (AvgIpc) is 3.00. The number of aromatic nitrogens is 1. The molecule has 0 spiro atoms. The van der Waals surface area contributed by atoms with Crippen molar-refractivity contribution in [2.45, 2.75) is 51.5 Å². The summed E-state index contributed by atoms with van der Waals surface area (Å²) in [5, 5.41) is 0. The van der Waals surface area contributed by atoms with Crippen molar-refractivity contribution in [3.05, 3.63) is 58.9 Å². The first-order valence-electron chi connectivity index (χ1n) is 9.69. The summed E-state index contributed by atoms with van der Waals surface area (Å²) < 4.78 is 17.2. The molecule has 0 unspecified atom stereocenters. The lowest BCUT2D eigenvalue weighted by atomic mass is 9.97. The minimum Gasteiger partial charge on any atom is -0.345 e. The fourth-order valence-electron chi connectivity index (χ4n) is 3.14. The zero-order valence-electron chi connectivity index (χ0n) is 17.3. The Morgan fingerprint density at radius 2 is 1.83 bits per heavy atom. The quantitative estimate of drug-likeness (QED) is 0.378. The second-order valence-electron chi connectivity index (χ2n) is 7.95. The van der Waals surface area contributed by atoms with Crippen LogP contribution in [-0.2, 0) is 29.0 Å². The Labute approximate surface area is 172 Å². The maximum atomic E-state index is 12.6. The van der Waals surface area contributed by atoms with Crippen LogP contribution in [0.4, 0.5) is 0 Å². The lowest BCUT2D eigenvalue weighted by Gasteiger charge is -2.24. The molecule has 29 heavy (non-hydrogen) atoms. The molecule has 0 fully saturated rings. The Hall–Kier alpha value is -1.76. The van der Waals surface area contributed by atoms with Gasteiger partial charge in [-0.15, -0.1) is 0 Å². The largest absolute Gasteiger partial charge is 0.469 e. The third-order valence-corrected chi connectivity index (χ3v) is 5.48. The molecule has 0 radical (unpaired) electrons. The number of aryl methyl sites for hydroxylation is 3. The number of hydrogen-bond donors (Lipinski definition) is 3. The van der Waals surface area contributed by atoms with Gasteiger partial charge in [0, 0.05) is 24.7 Å². The summed E-state index contributed by atoms with van der Waals surface area (Å²) in [6.07, 6.45) is 3.18. The predicted molar refractivity (Wildman–Crippen MR) is 113 cm³/mol. The van der Waals surface area contributed by atoms with E-state index in [1.54, 1.807) is 6.92 Å². The molecule has 0 bridgehead atoms. The summed E-state index contributed by atoms with van der Waals surface area (Å²) >= 11 is 0. The average molecular weight is 422 g/mol. The van der Waals surface area contributed by atoms with Crippen LogP contribution in [0.2, 0.25) is 0 Å². The highest BCUT2D eigenvalue weighted by Gasteiger charge is 2.25. The number of ketones is 1. The molecule has 8 heteroatoms. The first kappa shape index (κ1) is 23.5. The number of phosphoric ester groups is 1. The molecular weight excluding hydrogens is 391 g/mol. The van der Waals surface area contributed by atoms with Crippen molar-refractivity contribution in [1.82, 2.24) is 4.57 Å². The van der Waals surface area contributed by atoms with Gasteiger partial charge in [0.15, 0.2) is 5.78 Å². The van der Waals surface area contributed by atoms with Crippen molar-refractivity contribution >= 4 is 13.6 Å². The number of benzene rings is 1. The van der Waals surface area contributed by atoms with Gasteiger partial charge in [0.1, 0.15) is 0 Å². The third kappa shape index (κ3) is 7.88. The van der Waals surface area contributed by atoms with E-state index in [1.165, 1.54) is 11.1 Å². The van der Waals surface area contributed by atoms with Crippen LogP contribution in [0.15, 0.2) is 36.4 Å². The Morgan fingerprint density at radius 1 is 1.17 bits per heavy atom. The fourth-order valence-corrected chi connectivity index (χ4v) is 3.60. The predicted octanol–water partition coefficient (Wildman–Crippen LogP) is 3.30. The van der Waals surface area contributed by atoms with E-state index in [-0.39, 0.29) is 12.4 Å². The molecule has 2 rings (SSSR count). The van der Waals surface area contributed by atoms with Crippen molar-refractivity contribution in [3.8, 4) is 0 Å². The molecule has 1 aromatic carbocycles. The molecule has 1 aromatic heterocycles. The lowest BCUT2D eigenvalue weighted by molar-refractivity contribution is 0.0971. The number of nitrogens with zero attached hydrogens (tertiary/aromatic N) is 1. The maximum Gasteiger partial charge on any atom is 0.469 e. The number of rotatable bonds is 11. The summed E-state index contributed by atoms with van der Waals surface area (Å²) in [7, 11) is -2.69. The molecule has 0 aliphatic heterocycles. The summed E-state index contributed by atoms with van der Waals surface area (Å²) in [6.45, 7) is 3.49. The van der Waals surface area contributed by atoms with Crippen molar-refractivity contribution in [2.24, 2.45) is 12.8 Å². The van der Waals surface area contributed by atoms with Crippen LogP contribution >= 0.6 is 7.82 Å². The highest BCUT2D eigenvalue weighted by molar-refractivity contribution is 7.46. The van der Waals surface area contributed by atoms with E-state index in [0.717, 1.165) is 18.5 Å². The smallest absolute Gasteiger partial charge is 0.345 e. The van der Waals surface area contributed by atoms with E-state index >= 15 is 0 Å². The molecule has 4 N–H and O–H groups in total. The molecule has 7 nitrogen and oxygen atoms in total. The van der Waals surface area contributed by atoms with Crippen molar-refractivity contribution in [2.75, 3.05) is 6.61 Å².